The lowest BCUT2D eigenvalue weighted by molar-refractivity contribution is 0.116. The third kappa shape index (κ3) is 2.50. The van der Waals surface area contributed by atoms with Gasteiger partial charge >= 0.3 is 0 Å². The molecule has 0 unspecified atom stereocenters. The van der Waals surface area contributed by atoms with Crippen molar-refractivity contribution >= 4 is 17.3 Å². The van der Waals surface area contributed by atoms with Gasteiger partial charge in [-0.15, -0.1) is 0 Å². The fourth-order valence-corrected chi connectivity index (χ4v) is 2.56. The van der Waals surface area contributed by atoms with Crippen molar-refractivity contribution in [1.82, 2.24) is 0 Å². The van der Waals surface area contributed by atoms with Gasteiger partial charge in [0.1, 0.15) is 0 Å². The SMILES string of the molecule is Cc1cccc(Cl)c1N[C@@H]1CCCC[C@H]1O. The number of benzene rings is 1. The lowest BCUT2D eigenvalue weighted by Crippen LogP contribution is -2.36. The van der Waals surface area contributed by atoms with Gasteiger partial charge in [0, 0.05) is 0 Å². The summed E-state index contributed by atoms with van der Waals surface area (Å²) in [4.78, 5) is 0. The maximum absolute atomic E-state index is 9.91. The summed E-state index contributed by atoms with van der Waals surface area (Å²) in [6.07, 6.45) is 3.97. The Hall–Kier alpha value is -0.730. The van der Waals surface area contributed by atoms with Crippen molar-refractivity contribution in [2.45, 2.75) is 44.8 Å². The number of rotatable bonds is 2. The van der Waals surface area contributed by atoms with E-state index in [9.17, 15) is 5.11 Å². The third-order valence-electron chi connectivity index (χ3n) is 3.28. The molecule has 0 aliphatic heterocycles. The van der Waals surface area contributed by atoms with Crippen molar-refractivity contribution in [3.63, 3.8) is 0 Å². The molecule has 0 amide bonds. The predicted molar refractivity (Wildman–Crippen MR) is 68.1 cm³/mol. The fraction of sp³-hybridized carbons (Fsp3) is 0.538. The molecule has 0 radical (unpaired) electrons. The van der Waals surface area contributed by atoms with Crippen LogP contribution < -0.4 is 5.32 Å². The number of aliphatic hydroxyl groups excluding tert-OH is 1. The number of halogens is 1. The first kappa shape index (κ1) is 11.7. The van der Waals surface area contributed by atoms with Crippen LogP contribution in [0.3, 0.4) is 0 Å². The Bertz CT molecular complexity index is 347. The second-order valence-corrected chi connectivity index (χ2v) is 4.94. The largest absolute Gasteiger partial charge is 0.391 e. The summed E-state index contributed by atoms with van der Waals surface area (Å²) in [5.41, 5.74) is 2.10. The van der Waals surface area contributed by atoms with Gasteiger partial charge in [-0.1, -0.05) is 36.6 Å². The van der Waals surface area contributed by atoms with E-state index in [0.717, 1.165) is 35.5 Å². The van der Waals surface area contributed by atoms with Crippen LogP contribution in [0.4, 0.5) is 5.69 Å². The fourth-order valence-electron chi connectivity index (χ4n) is 2.28. The van der Waals surface area contributed by atoms with Gasteiger partial charge in [0.25, 0.3) is 0 Å². The van der Waals surface area contributed by atoms with Crippen LogP contribution in [0.1, 0.15) is 31.2 Å². The van der Waals surface area contributed by atoms with Crippen LogP contribution in [0, 0.1) is 6.92 Å². The molecule has 0 saturated heterocycles. The van der Waals surface area contributed by atoms with Gasteiger partial charge < -0.3 is 10.4 Å². The van der Waals surface area contributed by atoms with Gasteiger partial charge in [-0.2, -0.15) is 0 Å². The van der Waals surface area contributed by atoms with E-state index in [-0.39, 0.29) is 12.1 Å². The van der Waals surface area contributed by atoms with Crippen LogP contribution in [0.25, 0.3) is 0 Å². The minimum Gasteiger partial charge on any atom is -0.391 e. The smallest absolute Gasteiger partial charge is 0.0741 e. The molecule has 2 N–H and O–H groups in total. The van der Waals surface area contributed by atoms with Crippen LogP contribution in [0.15, 0.2) is 18.2 Å². The highest BCUT2D eigenvalue weighted by Gasteiger charge is 2.23. The minimum atomic E-state index is -0.246. The summed E-state index contributed by atoms with van der Waals surface area (Å²) >= 11 is 6.15. The van der Waals surface area contributed by atoms with Gasteiger partial charge in [-0.05, 0) is 31.4 Å². The van der Waals surface area contributed by atoms with E-state index in [2.05, 4.69) is 5.32 Å². The lowest BCUT2D eigenvalue weighted by Gasteiger charge is -2.30. The number of aryl methyl sites for hydroxylation is 1. The quantitative estimate of drug-likeness (QED) is 0.830. The highest BCUT2D eigenvalue weighted by molar-refractivity contribution is 6.33. The number of anilines is 1. The van der Waals surface area contributed by atoms with Crippen LogP contribution in [-0.4, -0.2) is 17.3 Å². The molecule has 1 fully saturated rings. The summed E-state index contributed by atoms with van der Waals surface area (Å²) in [6.45, 7) is 2.03. The zero-order valence-electron chi connectivity index (χ0n) is 9.54. The summed E-state index contributed by atoms with van der Waals surface area (Å²) in [5.74, 6) is 0. The molecule has 0 spiro atoms. The molecule has 88 valence electrons. The Labute approximate surface area is 102 Å². The lowest BCUT2D eigenvalue weighted by atomic mass is 9.92. The van der Waals surface area contributed by atoms with Gasteiger partial charge in [0.2, 0.25) is 0 Å². The van der Waals surface area contributed by atoms with E-state index in [1.54, 1.807) is 0 Å². The molecule has 2 atom stereocenters. The summed E-state index contributed by atoms with van der Waals surface area (Å²) in [6, 6.07) is 6.00. The topological polar surface area (TPSA) is 32.3 Å². The van der Waals surface area contributed by atoms with Crippen LogP contribution in [-0.2, 0) is 0 Å². The molecule has 1 aliphatic rings. The Morgan fingerprint density at radius 2 is 2.06 bits per heavy atom. The highest BCUT2D eigenvalue weighted by Crippen LogP contribution is 2.29. The predicted octanol–water partition coefficient (Wildman–Crippen LogP) is 3.36. The number of hydrogen-bond acceptors (Lipinski definition) is 2. The molecule has 1 saturated carbocycles. The monoisotopic (exact) mass is 239 g/mol. The number of hydrogen-bond donors (Lipinski definition) is 2. The Kier molecular flexibility index (Phi) is 3.72. The summed E-state index contributed by atoms with van der Waals surface area (Å²) in [5, 5.41) is 14.0. The van der Waals surface area contributed by atoms with Crippen molar-refractivity contribution in [3.8, 4) is 0 Å². The molecule has 1 aromatic rings. The standard InChI is InChI=1S/C13H18ClNO/c1-9-5-4-6-10(14)13(9)15-11-7-2-3-8-12(11)16/h4-6,11-12,15-16H,2-3,7-8H2,1H3/t11-,12-/m1/s1. The molecule has 0 heterocycles. The molecule has 1 aromatic carbocycles. The van der Waals surface area contributed by atoms with Crippen LogP contribution in [0.2, 0.25) is 5.02 Å². The Morgan fingerprint density at radius 3 is 2.75 bits per heavy atom. The molecular formula is C13H18ClNO. The van der Waals surface area contributed by atoms with Gasteiger partial charge in [-0.3, -0.25) is 0 Å². The van der Waals surface area contributed by atoms with E-state index in [1.165, 1.54) is 6.42 Å². The maximum Gasteiger partial charge on any atom is 0.0741 e. The molecule has 0 bridgehead atoms. The number of para-hydroxylation sites is 1. The Balaban J connectivity index is 2.13. The zero-order chi connectivity index (χ0) is 11.5. The van der Waals surface area contributed by atoms with Crippen molar-refractivity contribution in [2.75, 3.05) is 5.32 Å². The van der Waals surface area contributed by atoms with Crippen molar-refractivity contribution in [1.29, 1.82) is 0 Å². The zero-order valence-corrected chi connectivity index (χ0v) is 10.3. The molecule has 3 heteroatoms. The van der Waals surface area contributed by atoms with Crippen molar-refractivity contribution in [2.24, 2.45) is 0 Å². The van der Waals surface area contributed by atoms with E-state index < -0.39 is 0 Å². The van der Waals surface area contributed by atoms with Crippen LogP contribution in [0.5, 0.6) is 0 Å². The summed E-state index contributed by atoms with van der Waals surface area (Å²) < 4.78 is 0. The molecule has 2 rings (SSSR count). The van der Waals surface area contributed by atoms with E-state index >= 15 is 0 Å². The highest BCUT2D eigenvalue weighted by atomic mass is 35.5. The Morgan fingerprint density at radius 1 is 1.31 bits per heavy atom. The normalized spacial score (nSPS) is 25.4. The van der Waals surface area contributed by atoms with Crippen LogP contribution >= 0.6 is 11.6 Å². The molecule has 1 aliphatic carbocycles. The average Bonchev–Trinajstić information content (AvgIpc) is 2.26. The van der Waals surface area contributed by atoms with Crippen molar-refractivity contribution in [3.05, 3.63) is 28.8 Å². The molecule has 2 nitrogen and oxygen atoms in total. The second kappa shape index (κ2) is 5.07. The average molecular weight is 240 g/mol. The maximum atomic E-state index is 9.91. The van der Waals surface area contributed by atoms with Crippen molar-refractivity contribution < 1.29 is 5.11 Å². The van der Waals surface area contributed by atoms with Gasteiger partial charge in [0.15, 0.2) is 0 Å². The molecule has 16 heavy (non-hydrogen) atoms. The minimum absolute atomic E-state index is 0.146. The van der Waals surface area contributed by atoms with E-state index in [0.29, 0.717) is 0 Å². The molecule has 0 aromatic heterocycles. The second-order valence-electron chi connectivity index (χ2n) is 4.53. The first-order valence-electron chi connectivity index (χ1n) is 5.88. The van der Waals surface area contributed by atoms with Gasteiger partial charge in [-0.25, -0.2) is 0 Å². The first-order valence-corrected chi connectivity index (χ1v) is 6.26. The van der Waals surface area contributed by atoms with Gasteiger partial charge in [0.05, 0.1) is 22.9 Å². The molecular weight excluding hydrogens is 222 g/mol. The number of aliphatic hydroxyl groups is 1. The number of nitrogens with one attached hydrogen (secondary N) is 1. The first-order chi connectivity index (χ1) is 7.68. The van der Waals surface area contributed by atoms with E-state index in [1.807, 2.05) is 25.1 Å². The van der Waals surface area contributed by atoms with E-state index in [4.69, 9.17) is 11.6 Å². The summed E-state index contributed by atoms with van der Waals surface area (Å²) in [7, 11) is 0. The third-order valence-corrected chi connectivity index (χ3v) is 3.60.